The van der Waals surface area contributed by atoms with Crippen LogP contribution in [-0.2, 0) is 4.79 Å². The zero-order valence-corrected chi connectivity index (χ0v) is 9.89. The number of halogens is 1. The summed E-state index contributed by atoms with van der Waals surface area (Å²) < 4.78 is 0. The normalized spacial score (nSPS) is 10.6. The fraction of sp³-hybridized carbons (Fsp3) is 0. The van der Waals surface area contributed by atoms with Gasteiger partial charge in [0.2, 0.25) is 5.24 Å². The third-order valence-corrected chi connectivity index (χ3v) is 2.55. The third kappa shape index (κ3) is 3.30. The summed E-state index contributed by atoms with van der Waals surface area (Å²) in [4.78, 5) is 10.6. The molecular weight excluding hydrogens is 232 g/mol. The maximum Gasteiger partial charge on any atom is 0.245 e. The molecule has 0 heterocycles. The molecule has 0 unspecified atom stereocenters. The summed E-state index contributed by atoms with van der Waals surface area (Å²) in [5.41, 5.74) is 3.29. The monoisotopic (exact) mass is 242 g/mol. The highest BCUT2D eigenvalue weighted by molar-refractivity contribution is 6.66. The van der Waals surface area contributed by atoms with E-state index >= 15 is 0 Å². The predicted molar refractivity (Wildman–Crippen MR) is 71.8 cm³/mol. The van der Waals surface area contributed by atoms with Crippen LogP contribution in [-0.4, -0.2) is 5.24 Å². The predicted octanol–water partition coefficient (Wildman–Crippen LogP) is 4.13. The molecule has 0 bridgehead atoms. The van der Waals surface area contributed by atoms with Gasteiger partial charge in [-0.2, -0.15) is 0 Å². The topological polar surface area (TPSA) is 17.1 Å². The molecule has 1 nitrogen and oxygen atoms in total. The van der Waals surface area contributed by atoms with Crippen molar-refractivity contribution in [3.8, 4) is 11.1 Å². The molecule has 0 saturated heterocycles. The molecule has 2 rings (SSSR count). The maximum atomic E-state index is 10.6. The summed E-state index contributed by atoms with van der Waals surface area (Å²) in [5.74, 6) is 0. The molecule has 0 aliphatic heterocycles. The van der Waals surface area contributed by atoms with E-state index in [1.54, 1.807) is 6.08 Å². The number of rotatable bonds is 3. The second-order valence-electron chi connectivity index (χ2n) is 3.63. The van der Waals surface area contributed by atoms with Gasteiger partial charge in [0.15, 0.2) is 0 Å². The minimum absolute atomic E-state index is 0.461. The standard InChI is InChI=1S/C15H11ClO/c16-15(17)11-8-12-6-9-14(10-7-12)13-4-2-1-3-5-13/h1-11H. The van der Waals surface area contributed by atoms with Gasteiger partial charge in [-0.1, -0.05) is 60.7 Å². The Kier molecular flexibility index (Phi) is 3.73. The van der Waals surface area contributed by atoms with E-state index < -0.39 is 5.24 Å². The van der Waals surface area contributed by atoms with Gasteiger partial charge in [-0.05, 0) is 34.4 Å². The zero-order valence-electron chi connectivity index (χ0n) is 9.14. The summed E-state index contributed by atoms with van der Waals surface area (Å²) in [6.45, 7) is 0. The Labute approximate surface area is 105 Å². The largest absolute Gasteiger partial charge is 0.276 e. The molecule has 0 atom stereocenters. The van der Waals surface area contributed by atoms with Gasteiger partial charge in [-0.3, -0.25) is 4.79 Å². The highest BCUT2D eigenvalue weighted by atomic mass is 35.5. The Bertz CT molecular complexity index is 527. The molecule has 0 spiro atoms. The summed E-state index contributed by atoms with van der Waals surface area (Å²) in [6.07, 6.45) is 3.04. The van der Waals surface area contributed by atoms with Crippen molar-refractivity contribution in [1.29, 1.82) is 0 Å². The van der Waals surface area contributed by atoms with E-state index in [-0.39, 0.29) is 0 Å². The molecule has 17 heavy (non-hydrogen) atoms. The van der Waals surface area contributed by atoms with E-state index in [1.165, 1.54) is 11.6 Å². The number of carbonyl (C=O) groups excluding carboxylic acids is 1. The molecule has 0 radical (unpaired) electrons. The molecule has 0 fully saturated rings. The van der Waals surface area contributed by atoms with Gasteiger partial charge in [0, 0.05) is 0 Å². The Morgan fingerprint density at radius 2 is 1.47 bits per heavy atom. The molecule has 0 aromatic heterocycles. The molecule has 84 valence electrons. The van der Waals surface area contributed by atoms with Crippen LogP contribution in [0.15, 0.2) is 60.7 Å². The van der Waals surface area contributed by atoms with Crippen molar-refractivity contribution in [2.75, 3.05) is 0 Å². The highest BCUT2D eigenvalue weighted by Crippen LogP contribution is 2.19. The Balaban J connectivity index is 2.22. The number of hydrogen-bond donors (Lipinski definition) is 0. The van der Waals surface area contributed by atoms with E-state index in [9.17, 15) is 4.79 Å². The minimum atomic E-state index is -0.461. The van der Waals surface area contributed by atoms with Gasteiger partial charge in [0.1, 0.15) is 0 Å². The number of carbonyl (C=O) groups is 1. The Morgan fingerprint density at radius 1 is 0.882 bits per heavy atom. The molecule has 2 aromatic rings. The van der Waals surface area contributed by atoms with Gasteiger partial charge in [0.25, 0.3) is 0 Å². The van der Waals surface area contributed by atoms with Gasteiger partial charge in [-0.15, -0.1) is 0 Å². The molecule has 0 saturated carbocycles. The molecule has 0 N–H and O–H groups in total. The van der Waals surface area contributed by atoms with Crippen LogP contribution in [0.2, 0.25) is 0 Å². The highest BCUT2D eigenvalue weighted by Gasteiger charge is 1.95. The molecular formula is C15H11ClO. The lowest BCUT2D eigenvalue weighted by atomic mass is 10.0. The lowest BCUT2D eigenvalue weighted by Gasteiger charge is -2.01. The van der Waals surface area contributed by atoms with Gasteiger partial charge < -0.3 is 0 Å². The van der Waals surface area contributed by atoms with Crippen LogP contribution in [0, 0.1) is 0 Å². The number of benzene rings is 2. The summed E-state index contributed by atoms with van der Waals surface area (Å²) >= 11 is 5.23. The van der Waals surface area contributed by atoms with Crippen molar-refractivity contribution in [3.63, 3.8) is 0 Å². The van der Waals surface area contributed by atoms with Crippen molar-refractivity contribution in [3.05, 3.63) is 66.2 Å². The van der Waals surface area contributed by atoms with Crippen molar-refractivity contribution >= 4 is 22.9 Å². The van der Waals surface area contributed by atoms with Crippen molar-refractivity contribution in [1.82, 2.24) is 0 Å². The van der Waals surface area contributed by atoms with Gasteiger partial charge in [0.05, 0.1) is 0 Å². The Hall–Kier alpha value is -1.86. The van der Waals surface area contributed by atoms with Crippen molar-refractivity contribution in [2.24, 2.45) is 0 Å². The lowest BCUT2D eigenvalue weighted by Crippen LogP contribution is -1.79. The van der Waals surface area contributed by atoms with Crippen LogP contribution in [0.3, 0.4) is 0 Å². The van der Waals surface area contributed by atoms with Crippen molar-refractivity contribution < 1.29 is 4.79 Å². The average molecular weight is 243 g/mol. The summed E-state index contributed by atoms with van der Waals surface area (Å²) in [7, 11) is 0. The first-order valence-corrected chi connectivity index (χ1v) is 5.66. The van der Waals surface area contributed by atoms with E-state index in [0.717, 1.165) is 11.1 Å². The molecule has 2 heteroatoms. The maximum absolute atomic E-state index is 10.6. The third-order valence-electron chi connectivity index (χ3n) is 2.42. The van der Waals surface area contributed by atoms with Crippen LogP contribution >= 0.6 is 11.6 Å². The molecule has 0 aliphatic rings. The van der Waals surface area contributed by atoms with E-state index in [2.05, 4.69) is 12.1 Å². The van der Waals surface area contributed by atoms with E-state index in [0.29, 0.717) is 0 Å². The van der Waals surface area contributed by atoms with E-state index in [1.807, 2.05) is 42.5 Å². The first-order chi connectivity index (χ1) is 8.25. The van der Waals surface area contributed by atoms with Gasteiger partial charge in [-0.25, -0.2) is 0 Å². The first kappa shape index (κ1) is 11.6. The summed E-state index contributed by atoms with van der Waals surface area (Å²) in [5, 5.41) is -0.461. The van der Waals surface area contributed by atoms with Crippen LogP contribution in [0.1, 0.15) is 5.56 Å². The van der Waals surface area contributed by atoms with Gasteiger partial charge >= 0.3 is 0 Å². The quantitative estimate of drug-likeness (QED) is 0.584. The van der Waals surface area contributed by atoms with Crippen LogP contribution < -0.4 is 0 Å². The summed E-state index contributed by atoms with van der Waals surface area (Å²) in [6, 6.07) is 18.1. The molecule has 0 aliphatic carbocycles. The molecule has 0 amide bonds. The second-order valence-corrected chi connectivity index (χ2v) is 4.00. The number of allylic oxidation sites excluding steroid dienone is 1. The smallest absolute Gasteiger partial charge is 0.245 e. The van der Waals surface area contributed by atoms with Crippen molar-refractivity contribution in [2.45, 2.75) is 0 Å². The fourth-order valence-electron chi connectivity index (χ4n) is 1.58. The van der Waals surface area contributed by atoms with Crippen LogP contribution in [0.5, 0.6) is 0 Å². The van der Waals surface area contributed by atoms with Crippen LogP contribution in [0.25, 0.3) is 17.2 Å². The molecule has 2 aromatic carbocycles. The second kappa shape index (κ2) is 5.46. The zero-order chi connectivity index (χ0) is 12.1. The lowest BCUT2D eigenvalue weighted by molar-refractivity contribution is -0.107. The minimum Gasteiger partial charge on any atom is -0.276 e. The fourth-order valence-corrected chi connectivity index (χ4v) is 1.64. The first-order valence-electron chi connectivity index (χ1n) is 5.29. The van der Waals surface area contributed by atoms with E-state index in [4.69, 9.17) is 11.6 Å². The Morgan fingerprint density at radius 3 is 2.06 bits per heavy atom. The SMILES string of the molecule is O=C(Cl)C=Cc1ccc(-c2ccccc2)cc1. The average Bonchev–Trinajstić information content (AvgIpc) is 2.38. The number of hydrogen-bond acceptors (Lipinski definition) is 1. The van der Waals surface area contributed by atoms with Crippen LogP contribution in [0.4, 0.5) is 0 Å².